The summed E-state index contributed by atoms with van der Waals surface area (Å²) in [6.07, 6.45) is -3.14. The lowest BCUT2D eigenvalue weighted by Crippen LogP contribution is -2.40. The molecule has 52 heavy (non-hydrogen) atoms. The van der Waals surface area contributed by atoms with E-state index in [0.717, 1.165) is 11.8 Å². The molecule has 17 heteroatoms. The highest BCUT2D eigenvalue weighted by Gasteiger charge is 2.42. The summed E-state index contributed by atoms with van der Waals surface area (Å²) in [5, 5.41) is 36.3. The van der Waals surface area contributed by atoms with Crippen LogP contribution in [0.5, 0.6) is 0 Å². The number of nitro groups is 2. The molecule has 0 aromatic heterocycles. The number of aliphatic hydroxyl groups excluding tert-OH is 1. The first-order valence-corrected chi connectivity index (χ1v) is 17.6. The van der Waals surface area contributed by atoms with E-state index < -0.39 is 50.4 Å². The third-order valence-electron chi connectivity index (χ3n) is 8.14. The van der Waals surface area contributed by atoms with Gasteiger partial charge >= 0.3 is 12.2 Å². The van der Waals surface area contributed by atoms with Crippen LogP contribution in [0.4, 0.5) is 21.0 Å². The Bertz CT molecular complexity index is 2030. The lowest BCUT2D eigenvalue weighted by Gasteiger charge is -2.28. The number of hydrogen-bond acceptors (Lipinski definition) is 12. The fraction of sp³-hybridized carbons (Fsp3) is 0.257. The van der Waals surface area contributed by atoms with Gasteiger partial charge in [-0.2, -0.15) is 8.42 Å². The van der Waals surface area contributed by atoms with Gasteiger partial charge in [-0.25, -0.2) is 9.59 Å². The molecule has 272 valence electrons. The Morgan fingerprint density at radius 2 is 1.42 bits per heavy atom. The van der Waals surface area contributed by atoms with Crippen molar-refractivity contribution in [3.8, 4) is 11.1 Å². The molecule has 1 unspecified atom stereocenters. The zero-order valence-electron chi connectivity index (χ0n) is 27.7. The van der Waals surface area contributed by atoms with Crippen molar-refractivity contribution in [3.63, 3.8) is 0 Å². The van der Waals surface area contributed by atoms with Crippen LogP contribution in [-0.4, -0.2) is 65.4 Å². The van der Waals surface area contributed by atoms with Crippen molar-refractivity contribution in [2.75, 3.05) is 12.8 Å². The number of carbonyl (C=O) groups excluding carboxylic acids is 2. The van der Waals surface area contributed by atoms with Crippen LogP contribution in [0.2, 0.25) is 0 Å². The lowest BCUT2D eigenvalue weighted by molar-refractivity contribution is -0.385. The third-order valence-corrected chi connectivity index (χ3v) is 8.76. The molecule has 1 aliphatic rings. The lowest BCUT2D eigenvalue weighted by atomic mass is 9.93. The Labute approximate surface area is 298 Å². The summed E-state index contributed by atoms with van der Waals surface area (Å²) in [6, 6.07) is 24.4. The Morgan fingerprint density at radius 1 is 0.846 bits per heavy atom. The van der Waals surface area contributed by atoms with Crippen LogP contribution in [0.1, 0.15) is 34.8 Å². The van der Waals surface area contributed by atoms with Crippen molar-refractivity contribution in [1.29, 1.82) is 0 Å². The van der Waals surface area contributed by atoms with Crippen molar-refractivity contribution in [2.45, 2.75) is 44.4 Å². The number of ether oxygens (including phenoxy) is 2. The number of hydrogen-bond donors (Lipinski definition) is 2. The van der Waals surface area contributed by atoms with E-state index in [0.29, 0.717) is 27.8 Å². The Balaban J connectivity index is 1.34. The topological polar surface area (TPSA) is 218 Å². The average Bonchev–Trinajstić information content (AvgIpc) is 3.54. The second-order valence-corrected chi connectivity index (χ2v) is 13.6. The second-order valence-electron chi connectivity index (χ2n) is 12.0. The number of aliphatic hydroxyl groups is 1. The Morgan fingerprint density at radius 3 is 1.98 bits per heavy atom. The number of nitrogens with zero attached hydrogens (tertiary/aromatic N) is 3. The summed E-state index contributed by atoms with van der Waals surface area (Å²) in [5.74, 6) is 0. The van der Waals surface area contributed by atoms with E-state index in [9.17, 15) is 43.3 Å². The quantitative estimate of drug-likeness (QED) is 0.100. The molecule has 1 fully saturated rings. The molecular formula is C35H34N4O12S. The molecule has 0 saturated carbocycles. The normalized spacial score (nSPS) is 16.2. The van der Waals surface area contributed by atoms with E-state index in [-0.39, 0.29) is 44.1 Å². The van der Waals surface area contributed by atoms with Crippen LogP contribution >= 0.6 is 0 Å². The van der Waals surface area contributed by atoms with Gasteiger partial charge in [0.1, 0.15) is 13.2 Å². The van der Waals surface area contributed by atoms with Crippen molar-refractivity contribution in [3.05, 3.63) is 140 Å². The van der Waals surface area contributed by atoms with Crippen LogP contribution in [0, 0.1) is 20.2 Å². The Kier molecular flexibility index (Phi) is 11.8. The van der Waals surface area contributed by atoms with E-state index >= 15 is 0 Å². The first kappa shape index (κ1) is 37.3. The van der Waals surface area contributed by atoms with Gasteiger partial charge in [0, 0.05) is 37.2 Å². The first-order valence-electron chi connectivity index (χ1n) is 15.8. The highest BCUT2D eigenvalue weighted by atomic mass is 32.2. The number of amides is 2. The zero-order chi connectivity index (χ0) is 37.4. The monoisotopic (exact) mass is 734 g/mol. The minimum Gasteiger partial charge on any atom is -0.445 e. The molecule has 16 nitrogen and oxygen atoms in total. The van der Waals surface area contributed by atoms with Crippen molar-refractivity contribution in [1.82, 2.24) is 10.2 Å². The second kappa shape index (κ2) is 16.4. The maximum atomic E-state index is 13.4. The first-order chi connectivity index (χ1) is 24.8. The van der Waals surface area contributed by atoms with Gasteiger partial charge in [-0.15, -0.1) is 0 Å². The summed E-state index contributed by atoms with van der Waals surface area (Å²) in [7, 11) is -3.92. The predicted molar refractivity (Wildman–Crippen MR) is 185 cm³/mol. The molecule has 5 rings (SSSR count). The number of nitrogens with one attached hydrogen (secondary N) is 1. The van der Waals surface area contributed by atoms with Crippen molar-refractivity contribution >= 4 is 33.7 Å². The standard InChI is InChI=1S/C35H34N4O12S/c1-52(47,48)51-31-18-32(37(20-31)35(42)50-22-24-9-13-30(14-10-24)39(45)46)33(40)28-16-25(15-27(17-28)26-5-3-2-4-6-26)19-36-34(41)49-21-23-7-11-29(12-8-23)38(43)44/h2-17,31-33,40H,18-22H2,1H3,(H,36,41)/t31-,32+,33?/m1/s1. The largest absolute Gasteiger partial charge is 0.445 e. The smallest absolute Gasteiger partial charge is 0.410 e. The molecule has 0 spiro atoms. The number of likely N-dealkylation sites (tertiary alicyclic amines) is 1. The molecule has 0 bridgehead atoms. The van der Waals surface area contributed by atoms with Gasteiger partial charge in [-0.1, -0.05) is 36.4 Å². The fourth-order valence-corrected chi connectivity index (χ4v) is 6.33. The van der Waals surface area contributed by atoms with Gasteiger partial charge in [0.15, 0.2) is 0 Å². The van der Waals surface area contributed by atoms with Crippen molar-refractivity contribution in [2.24, 2.45) is 0 Å². The summed E-state index contributed by atoms with van der Waals surface area (Å²) < 4.78 is 39.9. The number of carbonyl (C=O) groups is 2. The van der Waals surface area contributed by atoms with Crippen LogP contribution in [0.3, 0.4) is 0 Å². The van der Waals surface area contributed by atoms with E-state index in [4.69, 9.17) is 13.7 Å². The van der Waals surface area contributed by atoms with E-state index in [1.165, 1.54) is 53.4 Å². The maximum absolute atomic E-state index is 13.4. The molecule has 2 amide bonds. The molecule has 1 saturated heterocycles. The summed E-state index contributed by atoms with van der Waals surface area (Å²) in [4.78, 5) is 47.9. The summed E-state index contributed by atoms with van der Waals surface area (Å²) in [5.41, 5.74) is 3.19. The summed E-state index contributed by atoms with van der Waals surface area (Å²) in [6.45, 7) is -0.605. The average molecular weight is 735 g/mol. The molecule has 4 aromatic carbocycles. The highest BCUT2D eigenvalue weighted by Crippen LogP contribution is 2.35. The van der Waals surface area contributed by atoms with Crippen molar-refractivity contribution < 1.29 is 46.6 Å². The van der Waals surface area contributed by atoms with Crippen LogP contribution < -0.4 is 5.32 Å². The minimum absolute atomic E-state index is 0.0229. The van der Waals surface area contributed by atoms with Gasteiger partial charge in [0.05, 0.1) is 40.9 Å². The van der Waals surface area contributed by atoms with Gasteiger partial charge in [0.2, 0.25) is 0 Å². The molecule has 4 aromatic rings. The summed E-state index contributed by atoms with van der Waals surface area (Å²) >= 11 is 0. The number of alkyl carbamates (subject to hydrolysis) is 1. The van der Waals surface area contributed by atoms with E-state index in [1.807, 2.05) is 36.4 Å². The Hall–Kier alpha value is -5.91. The van der Waals surface area contributed by atoms with Crippen LogP contribution in [0.15, 0.2) is 97.1 Å². The fourth-order valence-electron chi connectivity index (χ4n) is 5.69. The molecule has 3 atom stereocenters. The highest BCUT2D eigenvalue weighted by molar-refractivity contribution is 7.86. The molecule has 0 aliphatic carbocycles. The number of non-ortho nitro benzene ring substituents is 2. The number of rotatable bonds is 13. The molecule has 1 heterocycles. The molecule has 0 radical (unpaired) electrons. The minimum atomic E-state index is -3.92. The number of benzene rings is 4. The predicted octanol–water partition coefficient (Wildman–Crippen LogP) is 5.39. The van der Waals surface area contributed by atoms with Crippen LogP contribution in [0.25, 0.3) is 11.1 Å². The molecule has 2 N–H and O–H groups in total. The van der Waals surface area contributed by atoms with Gasteiger partial charge < -0.3 is 19.9 Å². The van der Waals surface area contributed by atoms with E-state index in [1.54, 1.807) is 12.1 Å². The third kappa shape index (κ3) is 10.1. The SMILES string of the molecule is CS(=O)(=O)O[C@@H]1C[C@@H](C(O)c2cc(CNC(=O)OCc3ccc([N+](=O)[O-])cc3)cc(-c3ccccc3)c2)N(C(=O)OCc2ccc([N+](=O)[O-])cc2)C1. The van der Waals surface area contributed by atoms with E-state index in [2.05, 4.69) is 5.32 Å². The zero-order valence-corrected chi connectivity index (χ0v) is 28.5. The number of nitro benzene ring substituents is 2. The maximum Gasteiger partial charge on any atom is 0.410 e. The van der Waals surface area contributed by atoms with Gasteiger partial charge in [-0.3, -0.25) is 29.3 Å². The molecular weight excluding hydrogens is 700 g/mol. The molecule has 1 aliphatic heterocycles. The van der Waals surface area contributed by atoms with Crippen LogP contribution in [-0.2, 0) is 43.5 Å². The van der Waals surface area contributed by atoms with Gasteiger partial charge in [-0.05, 0) is 69.8 Å². The van der Waals surface area contributed by atoms with Gasteiger partial charge in [0.25, 0.3) is 21.5 Å².